The maximum atomic E-state index is 12.8. The van der Waals surface area contributed by atoms with Crippen molar-refractivity contribution in [3.05, 3.63) is 59.4 Å². The third-order valence-corrected chi connectivity index (χ3v) is 6.01. The van der Waals surface area contributed by atoms with Crippen LogP contribution >= 0.6 is 11.3 Å². The number of fused-ring (bicyclic) bond motifs is 2. The van der Waals surface area contributed by atoms with Crippen LogP contribution in [0.3, 0.4) is 0 Å². The predicted molar refractivity (Wildman–Crippen MR) is 122 cm³/mol. The largest absolute Gasteiger partial charge is 0.494 e. The average molecular weight is 439 g/mol. The van der Waals surface area contributed by atoms with Crippen LogP contribution in [0.25, 0.3) is 10.2 Å². The van der Waals surface area contributed by atoms with Gasteiger partial charge in [0.15, 0.2) is 16.3 Å². The molecule has 6 nitrogen and oxygen atoms in total. The molecule has 0 spiro atoms. The minimum atomic E-state index is -0.292. The number of aromatic nitrogens is 1. The van der Waals surface area contributed by atoms with E-state index < -0.39 is 0 Å². The van der Waals surface area contributed by atoms with Crippen molar-refractivity contribution < 1.29 is 19.0 Å². The molecule has 0 saturated carbocycles. The third-order valence-electron chi connectivity index (χ3n) is 4.97. The van der Waals surface area contributed by atoms with Crippen molar-refractivity contribution in [2.75, 3.05) is 19.8 Å². The Hall–Kier alpha value is -3.06. The molecule has 0 aliphatic carbocycles. The molecule has 0 saturated heterocycles. The van der Waals surface area contributed by atoms with Gasteiger partial charge in [-0.25, -0.2) is 0 Å². The quantitative estimate of drug-likeness (QED) is 0.368. The molecule has 1 amide bonds. The number of carbonyl (C=O) groups is 1. The molecule has 0 N–H and O–H groups in total. The summed E-state index contributed by atoms with van der Waals surface area (Å²) in [6, 6.07) is 11.0. The molecule has 0 radical (unpaired) electrons. The van der Waals surface area contributed by atoms with E-state index in [0.717, 1.165) is 41.0 Å². The van der Waals surface area contributed by atoms with Crippen LogP contribution in [0.5, 0.6) is 17.2 Å². The summed E-state index contributed by atoms with van der Waals surface area (Å²) in [5.41, 5.74) is 1.46. The van der Waals surface area contributed by atoms with Crippen LogP contribution in [-0.4, -0.2) is 30.3 Å². The van der Waals surface area contributed by atoms with E-state index in [9.17, 15) is 4.79 Å². The van der Waals surface area contributed by atoms with Gasteiger partial charge in [0.1, 0.15) is 19.0 Å². The van der Waals surface area contributed by atoms with Crippen molar-refractivity contribution in [2.45, 2.75) is 32.7 Å². The summed E-state index contributed by atoms with van der Waals surface area (Å²) >= 11 is 1.45. The normalized spacial score (nSPS) is 13.4. The van der Waals surface area contributed by atoms with Gasteiger partial charge in [0.05, 0.1) is 16.8 Å². The van der Waals surface area contributed by atoms with Crippen LogP contribution in [0.15, 0.2) is 54.0 Å². The van der Waals surface area contributed by atoms with E-state index in [4.69, 9.17) is 14.2 Å². The van der Waals surface area contributed by atoms with E-state index in [1.54, 1.807) is 18.2 Å². The molecule has 1 aliphatic heterocycles. The number of thiazole rings is 1. The van der Waals surface area contributed by atoms with Crippen LogP contribution in [0.4, 0.5) is 0 Å². The first-order valence-electron chi connectivity index (χ1n) is 10.6. The zero-order chi connectivity index (χ0) is 21.6. The number of nitrogens with zero attached hydrogens (tertiary/aromatic N) is 2. The Morgan fingerprint density at radius 1 is 1.19 bits per heavy atom. The fourth-order valence-electron chi connectivity index (χ4n) is 3.38. The number of carbonyl (C=O) groups excluding carboxylic acids is 1. The lowest BCUT2D eigenvalue weighted by atomic mass is 10.2. The van der Waals surface area contributed by atoms with Crippen molar-refractivity contribution in [2.24, 2.45) is 4.99 Å². The summed E-state index contributed by atoms with van der Waals surface area (Å²) in [6.07, 6.45) is 5.12. The highest BCUT2D eigenvalue weighted by Gasteiger charge is 2.16. The Kier molecular flexibility index (Phi) is 6.72. The van der Waals surface area contributed by atoms with E-state index >= 15 is 0 Å². The molecule has 162 valence electrons. The topological polar surface area (TPSA) is 62.1 Å². The van der Waals surface area contributed by atoms with E-state index in [1.165, 1.54) is 11.3 Å². The van der Waals surface area contributed by atoms with E-state index in [0.29, 0.717) is 42.5 Å². The van der Waals surface area contributed by atoms with Crippen molar-refractivity contribution >= 4 is 27.5 Å². The molecule has 1 aromatic heterocycles. The molecule has 0 fully saturated rings. The Morgan fingerprint density at radius 3 is 2.65 bits per heavy atom. The van der Waals surface area contributed by atoms with Gasteiger partial charge in [-0.2, -0.15) is 4.99 Å². The van der Waals surface area contributed by atoms with Gasteiger partial charge in [0, 0.05) is 24.2 Å². The highest BCUT2D eigenvalue weighted by molar-refractivity contribution is 7.16. The predicted octanol–water partition coefficient (Wildman–Crippen LogP) is 4.97. The lowest BCUT2D eigenvalue weighted by Crippen LogP contribution is -2.17. The number of rotatable bonds is 8. The summed E-state index contributed by atoms with van der Waals surface area (Å²) in [6.45, 7) is 8.29. The number of amides is 1. The van der Waals surface area contributed by atoms with E-state index in [1.807, 2.05) is 28.8 Å². The number of allylic oxidation sites excluding steroid dienone is 1. The highest BCUT2D eigenvalue weighted by Crippen LogP contribution is 2.35. The SMILES string of the molecule is C=CCn1c(=NC(=O)c2ccc(OCCCCC)cc2)sc2cc3c(cc21)OCCO3. The van der Waals surface area contributed by atoms with Crippen molar-refractivity contribution in [1.29, 1.82) is 0 Å². The zero-order valence-electron chi connectivity index (χ0n) is 17.6. The average Bonchev–Trinajstić information content (AvgIpc) is 3.11. The van der Waals surface area contributed by atoms with Gasteiger partial charge < -0.3 is 18.8 Å². The smallest absolute Gasteiger partial charge is 0.279 e. The minimum Gasteiger partial charge on any atom is -0.494 e. The second-order valence-electron chi connectivity index (χ2n) is 7.24. The molecule has 31 heavy (non-hydrogen) atoms. The van der Waals surface area contributed by atoms with Crippen LogP contribution < -0.4 is 19.0 Å². The number of hydrogen-bond acceptors (Lipinski definition) is 5. The number of unbranched alkanes of at least 4 members (excludes halogenated alkanes) is 2. The summed E-state index contributed by atoms with van der Waals surface area (Å²) < 4.78 is 20.1. The molecule has 0 unspecified atom stereocenters. The summed E-state index contributed by atoms with van der Waals surface area (Å²) in [7, 11) is 0. The van der Waals surface area contributed by atoms with Crippen LogP contribution in [0, 0.1) is 0 Å². The standard InChI is InChI=1S/C24H26N2O4S/c1-3-5-6-12-28-18-9-7-17(8-10-18)23(27)25-24-26(11-4-2)19-15-20-21(16-22(19)31-24)30-14-13-29-20/h4,7-10,15-16H,2-3,5-6,11-14H2,1H3. The Bertz CT molecular complexity index is 1140. The van der Waals surface area contributed by atoms with Gasteiger partial charge in [-0.1, -0.05) is 37.2 Å². The van der Waals surface area contributed by atoms with E-state index in [-0.39, 0.29) is 5.91 Å². The summed E-state index contributed by atoms with van der Waals surface area (Å²) in [5, 5.41) is 0. The first-order valence-corrected chi connectivity index (χ1v) is 11.4. The van der Waals surface area contributed by atoms with Crippen LogP contribution in [-0.2, 0) is 6.54 Å². The maximum Gasteiger partial charge on any atom is 0.279 e. The van der Waals surface area contributed by atoms with Crippen molar-refractivity contribution in [3.63, 3.8) is 0 Å². The Morgan fingerprint density at radius 2 is 1.94 bits per heavy atom. The lowest BCUT2D eigenvalue weighted by Gasteiger charge is -2.18. The Labute approximate surface area is 185 Å². The molecular weight excluding hydrogens is 412 g/mol. The molecule has 3 aromatic rings. The third kappa shape index (κ3) is 4.82. The van der Waals surface area contributed by atoms with Gasteiger partial charge in [0.2, 0.25) is 0 Å². The minimum absolute atomic E-state index is 0.292. The van der Waals surface area contributed by atoms with Crippen LogP contribution in [0.1, 0.15) is 36.5 Å². The van der Waals surface area contributed by atoms with Crippen LogP contribution in [0.2, 0.25) is 0 Å². The van der Waals surface area contributed by atoms with Gasteiger partial charge >= 0.3 is 0 Å². The number of ether oxygens (including phenoxy) is 3. The molecule has 0 bridgehead atoms. The summed E-state index contributed by atoms with van der Waals surface area (Å²) in [5.74, 6) is 1.90. The highest BCUT2D eigenvalue weighted by atomic mass is 32.1. The molecular formula is C24H26N2O4S. The second-order valence-corrected chi connectivity index (χ2v) is 8.25. The summed E-state index contributed by atoms with van der Waals surface area (Å²) in [4.78, 5) is 17.8. The van der Waals surface area contributed by atoms with Gasteiger partial charge in [-0.15, -0.1) is 6.58 Å². The van der Waals surface area contributed by atoms with Crippen molar-refractivity contribution in [1.82, 2.24) is 4.57 Å². The van der Waals surface area contributed by atoms with Gasteiger partial charge in [-0.05, 0) is 30.7 Å². The molecule has 4 rings (SSSR count). The number of hydrogen-bond donors (Lipinski definition) is 0. The molecule has 2 heterocycles. The Balaban J connectivity index is 1.61. The zero-order valence-corrected chi connectivity index (χ0v) is 18.5. The van der Waals surface area contributed by atoms with Gasteiger partial charge in [0.25, 0.3) is 5.91 Å². The maximum absolute atomic E-state index is 12.8. The van der Waals surface area contributed by atoms with Crippen molar-refractivity contribution in [3.8, 4) is 17.2 Å². The fourth-order valence-corrected chi connectivity index (χ4v) is 4.43. The molecule has 1 aliphatic rings. The van der Waals surface area contributed by atoms with Gasteiger partial charge in [-0.3, -0.25) is 4.79 Å². The second kappa shape index (κ2) is 9.83. The first kappa shape index (κ1) is 21.2. The monoisotopic (exact) mass is 438 g/mol. The fraction of sp³-hybridized carbons (Fsp3) is 0.333. The van der Waals surface area contributed by atoms with E-state index in [2.05, 4.69) is 18.5 Å². The molecule has 2 aromatic carbocycles. The lowest BCUT2D eigenvalue weighted by molar-refractivity contribution is 0.0998. The first-order chi connectivity index (χ1) is 15.2. The number of benzene rings is 2. The molecule has 0 atom stereocenters. The molecule has 7 heteroatoms.